The van der Waals surface area contributed by atoms with Crippen molar-refractivity contribution in [3.63, 3.8) is 0 Å². The number of hydrogen-bond donors (Lipinski definition) is 3. The first-order valence-corrected chi connectivity index (χ1v) is 9.67. The molecule has 1 aromatic carbocycles. The summed E-state index contributed by atoms with van der Waals surface area (Å²) in [7, 11) is -3.21. The maximum atomic E-state index is 13.7. The molecule has 6 nitrogen and oxygen atoms in total. The minimum absolute atomic E-state index is 0.256. The molecule has 0 unspecified atom stereocenters. The molecule has 0 aliphatic carbocycles. The maximum absolute atomic E-state index is 13.7. The molecular formula is C16H25FN2O4S. The number of halogens is 1. The Morgan fingerprint density at radius 1 is 1.25 bits per heavy atom. The van der Waals surface area contributed by atoms with E-state index in [-0.39, 0.29) is 5.82 Å². The summed E-state index contributed by atoms with van der Waals surface area (Å²) >= 11 is 0. The molecule has 1 atom stereocenters. The van der Waals surface area contributed by atoms with Crippen molar-refractivity contribution >= 4 is 15.9 Å². The van der Waals surface area contributed by atoms with Crippen LogP contribution in [0.1, 0.15) is 36.0 Å². The fourth-order valence-corrected chi connectivity index (χ4v) is 3.14. The Labute approximate surface area is 142 Å². The molecule has 1 aromatic rings. The number of hydroxylamine groups is 1. The van der Waals surface area contributed by atoms with E-state index in [1.165, 1.54) is 0 Å². The summed E-state index contributed by atoms with van der Waals surface area (Å²) in [6.07, 6.45) is 3.18. The fourth-order valence-electron chi connectivity index (χ4n) is 2.63. The number of hydrogen-bond acceptors (Lipinski definition) is 4. The number of sulfonamides is 1. The van der Waals surface area contributed by atoms with Gasteiger partial charge >= 0.3 is 0 Å². The molecular weight excluding hydrogens is 335 g/mol. The summed E-state index contributed by atoms with van der Waals surface area (Å²) in [5, 5.41) is 8.89. The minimum atomic E-state index is -3.21. The van der Waals surface area contributed by atoms with E-state index < -0.39 is 21.8 Å². The Kier molecular flexibility index (Phi) is 7.78. The van der Waals surface area contributed by atoms with Crippen molar-refractivity contribution in [2.75, 3.05) is 12.8 Å². The van der Waals surface area contributed by atoms with Gasteiger partial charge in [0.1, 0.15) is 5.82 Å². The van der Waals surface area contributed by atoms with E-state index >= 15 is 0 Å². The van der Waals surface area contributed by atoms with Crippen LogP contribution >= 0.6 is 0 Å². The quantitative estimate of drug-likeness (QED) is 0.356. The lowest BCUT2D eigenvalue weighted by Gasteiger charge is -2.16. The van der Waals surface area contributed by atoms with Gasteiger partial charge in [-0.15, -0.1) is 0 Å². The highest BCUT2D eigenvalue weighted by atomic mass is 32.2. The van der Waals surface area contributed by atoms with Gasteiger partial charge < -0.3 is 0 Å². The highest BCUT2D eigenvalue weighted by molar-refractivity contribution is 7.88. The average molecular weight is 360 g/mol. The van der Waals surface area contributed by atoms with Crippen molar-refractivity contribution in [3.8, 4) is 0 Å². The molecule has 24 heavy (non-hydrogen) atoms. The molecule has 0 bridgehead atoms. The molecule has 8 heteroatoms. The number of aryl methyl sites for hydroxylation is 2. The molecule has 136 valence electrons. The summed E-state index contributed by atoms with van der Waals surface area (Å²) in [5.41, 5.74) is 3.53. The first-order chi connectivity index (χ1) is 11.1. The van der Waals surface area contributed by atoms with Crippen LogP contribution in [-0.2, 0) is 21.2 Å². The number of carbonyl (C=O) groups excluding carboxylic acids is 1. The lowest BCUT2D eigenvalue weighted by atomic mass is 9.92. The third-order valence-corrected chi connectivity index (χ3v) is 4.53. The van der Waals surface area contributed by atoms with Crippen molar-refractivity contribution in [2.45, 2.75) is 39.5 Å². The number of carbonyl (C=O) groups is 1. The van der Waals surface area contributed by atoms with E-state index in [2.05, 4.69) is 4.72 Å². The molecule has 1 amide bonds. The fraction of sp³-hybridized carbons (Fsp3) is 0.562. The Hall–Kier alpha value is -1.51. The Bertz CT molecular complexity index is 654. The van der Waals surface area contributed by atoms with Crippen LogP contribution in [0.2, 0.25) is 0 Å². The number of benzene rings is 1. The summed E-state index contributed by atoms with van der Waals surface area (Å²) in [6, 6.07) is 3.40. The third kappa shape index (κ3) is 6.94. The van der Waals surface area contributed by atoms with Gasteiger partial charge in [-0.1, -0.05) is 18.6 Å². The van der Waals surface area contributed by atoms with Gasteiger partial charge in [-0.05, 0) is 49.8 Å². The lowest BCUT2D eigenvalue weighted by Crippen LogP contribution is -2.30. The molecule has 3 N–H and O–H groups in total. The number of rotatable bonds is 9. The average Bonchev–Trinajstić information content (AvgIpc) is 2.49. The zero-order valence-electron chi connectivity index (χ0n) is 14.2. The predicted molar refractivity (Wildman–Crippen MR) is 89.7 cm³/mol. The molecule has 0 aromatic heterocycles. The molecule has 0 saturated heterocycles. The molecule has 0 spiro atoms. The zero-order chi connectivity index (χ0) is 18.3. The van der Waals surface area contributed by atoms with Crippen LogP contribution in [0.5, 0.6) is 0 Å². The second-order valence-electron chi connectivity index (χ2n) is 6.08. The van der Waals surface area contributed by atoms with Gasteiger partial charge in [-0.2, -0.15) is 0 Å². The highest BCUT2D eigenvalue weighted by Gasteiger charge is 2.19. The maximum Gasteiger partial charge on any atom is 0.246 e. The molecule has 0 aliphatic heterocycles. The topological polar surface area (TPSA) is 95.5 Å². The lowest BCUT2D eigenvalue weighted by molar-refractivity contribution is -0.133. The summed E-state index contributed by atoms with van der Waals surface area (Å²) in [4.78, 5) is 11.8. The second-order valence-corrected chi connectivity index (χ2v) is 7.92. The normalized spacial score (nSPS) is 12.9. The van der Waals surface area contributed by atoms with Gasteiger partial charge in [0, 0.05) is 12.5 Å². The Balaban J connectivity index is 2.65. The van der Waals surface area contributed by atoms with Gasteiger partial charge in [0.05, 0.1) is 6.26 Å². The zero-order valence-corrected chi connectivity index (χ0v) is 15.0. The molecule has 1 rings (SSSR count). The standard InChI is InChI=1S/C16H25FN2O4S/c1-11-8-13(9-12(2)15(11)17)10-14(16(20)19-21)6-4-5-7-18-24(3,22)23/h8-9,14,18,21H,4-7,10H2,1-3H3,(H,19,20)/t14-/m0/s1. The van der Waals surface area contributed by atoms with Crippen LogP contribution in [0.25, 0.3) is 0 Å². The van der Waals surface area contributed by atoms with E-state index in [1.807, 2.05) is 0 Å². The smallest absolute Gasteiger partial charge is 0.246 e. The van der Waals surface area contributed by atoms with Crippen LogP contribution in [0.4, 0.5) is 4.39 Å². The second kappa shape index (κ2) is 9.10. The van der Waals surface area contributed by atoms with Crippen molar-refractivity contribution in [1.29, 1.82) is 0 Å². The van der Waals surface area contributed by atoms with Crippen molar-refractivity contribution in [2.24, 2.45) is 5.92 Å². The molecule has 0 heterocycles. The van der Waals surface area contributed by atoms with E-state index in [9.17, 15) is 17.6 Å². The summed E-state index contributed by atoms with van der Waals surface area (Å²) in [5.74, 6) is -1.21. The first-order valence-electron chi connectivity index (χ1n) is 7.78. The van der Waals surface area contributed by atoms with Crippen LogP contribution in [0, 0.1) is 25.6 Å². The van der Waals surface area contributed by atoms with E-state index in [4.69, 9.17) is 5.21 Å². The van der Waals surface area contributed by atoms with Gasteiger partial charge in [0.15, 0.2) is 0 Å². The van der Waals surface area contributed by atoms with Gasteiger partial charge in [0.25, 0.3) is 0 Å². The van der Waals surface area contributed by atoms with Gasteiger partial charge in [-0.3, -0.25) is 10.0 Å². The number of nitrogens with one attached hydrogen (secondary N) is 2. The van der Waals surface area contributed by atoms with E-state index in [0.717, 1.165) is 11.8 Å². The monoisotopic (exact) mass is 360 g/mol. The third-order valence-electron chi connectivity index (χ3n) is 3.80. The Morgan fingerprint density at radius 2 is 1.83 bits per heavy atom. The summed E-state index contributed by atoms with van der Waals surface area (Å²) in [6.45, 7) is 3.65. The Morgan fingerprint density at radius 3 is 2.33 bits per heavy atom. The van der Waals surface area contributed by atoms with Gasteiger partial charge in [0.2, 0.25) is 15.9 Å². The largest absolute Gasteiger partial charge is 0.289 e. The predicted octanol–water partition coefficient (Wildman–Crippen LogP) is 1.83. The molecule has 0 saturated carbocycles. The first kappa shape index (κ1) is 20.5. The van der Waals surface area contributed by atoms with Gasteiger partial charge in [-0.25, -0.2) is 23.0 Å². The van der Waals surface area contributed by atoms with Crippen LogP contribution in [0.3, 0.4) is 0 Å². The van der Waals surface area contributed by atoms with Crippen molar-refractivity contribution < 1.29 is 22.8 Å². The van der Waals surface area contributed by atoms with Crippen molar-refractivity contribution in [3.05, 3.63) is 34.6 Å². The minimum Gasteiger partial charge on any atom is -0.289 e. The van der Waals surface area contributed by atoms with E-state index in [0.29, 0.717) is 43.4 Å². The molecule has 0 aliphatic rings. The van der Waals surface area contributed by atoms with Crippen LogP contribution < -0.4 is 10.2 Å². The number of amides is 1. The highest BCUT2D eigenvalue weighted by Crippen LogP contribution is 2.20. The summed E-state index contributed by atoms with van der Waals surface area (Å²) < 4.78 is 38.0. The number of unbranched alkanes of at least 4 members (excludes halogenated alkanes) is 1. The molecule has 0 radical (unpaired) electrons. The SMILES string of the molecule is Cc1cc(C[C@H](CCCCNS(C)(=O)=O)C(=O)NO)cc(C)c1F. The van der Waals surface area contributed by atoms with E-state index in [1.54, 1.807) is 31.5 Å². The molecule has 0 fully saturated rings. The van der Waals surface area contributed by atoms with Crippen molar-refractivity contribution in [1.82, 2.24) is 10.2 Å². The van der Waals surface area contributed by atoms with Crippen LogP contribution in [-0.4, -0.2) is 32.3 Å². The van der Waals surface area contributed by atoms with Crippen LogP contribution in [0.15, 0.2) is 12.1 Å².